The van der Waals surface area contributed by atoms with Crippen molar-refractivity contribution in [2.75, 3.05) is 4.90 Å². The van der Waals surface area contributed by atoms with Gasteiger partial charge in [0.15, 0.2) is 0 Å². The lowest BCUT2D eigenvalue weighted by Gasteiger charge is -2.36. The average Bonchev–Trinajstić information content (AvgIpc) is 3.81. The third kappa shape index (κ3) is 4.95. The topological polar surface area (TPSA) is 29.0 Å². The molecule has 0 fully saturated rings. The van der Waals surface area contributed by atoms with Gasteiger partial charge in [0, 0.05) is 50.8 Å². The lowest BCUT2D eigenvalue weighted by Crippen LogP contribution is -2.26. The van der Waals surface area contributed by atoms with E-state index in [2.05, 4.69) is 167 Å². The van der Waals surface area contributed by atoms with Crippen molar-refractivity contribution >= 4 is 32.1 Å². The van der Waals surface area contributed by atoms with Crippen LogP contribution in [-0.2, 0) is 0 Å². The minimum absolute atomic E-state index is 0.163. The average molecular weight is 708 g/mol. The number of pyridine rings is 2. The number of nitrogens with zero attached hydrogens (tertiary/aromatic N) is 3. The third-order valence-electron chi connectivity index (χ3n) is 11.1. The molecule has 0 saturated carbocycles. The van der Waals surface area contributed by atoms with Crippen molar-refractivity contribution in [1.82, 2.24) is 9.97 Å². The lowest BCUT2D eigenvalue weighted by molar-refractivity contribution is 0.657. The Balaban J connectivity index is 1.04. The number of hydrogen-bond donors (Lipinski definition) is 0. The van der Waals surface area contributed by atoms with E-state index in [1.54, 1.807) is 0 Å². The Morgan fingerprint density at radius 1 is 0.463 bits per heavy atom. The van der Waals surface area contributed by atoms with Gasteiger partial charge in [-0.25, -0.2) is 0 Å². The molecule has 2 aliphatic heterocycles. The van der Waals surface area contributed by atoms with E-state index in [1.165, 1.54) is 59.7 Å². The van der Waals surface area contributed by atoms with Crippen LogP contribution in [0.15, 0.2) is 188 Å². The molecule has 254 valence electrons. The van der Waals surface area contributed by atoms with Crippen LogP contribution in [0.1, 0.15) is 28.7 Å². The minimum Gasteiger partial charge on any atom is -0.324 e. The van der Waals surface area contributed by atoms with Crippen molar-refractivity contribution in [3.05, 3.63) is 205 Å². The molecule has 6 aromatic carbocycles. The smallest absolute Gasteiger partial charge is 0.105 e. The number of aromatic nitrogens is 2. The highest BCUT2D eigenvalue weighted by Crippen LogP contribution is 2.64. The Morgan fingerprint density at radius 3 is 1.80 bits per heavy atom. The van der Waals surface area contributed by atoms with Crippen molar-refractivity contribution < 1.29 is 0 Å². The number of para-hydroxylation sites is 1. The molecule has 0 spiro atoms. The predicted molar refractivity (Wildman–Crippen MR) is 224 cm³/mol. The molecule has 0 amide bonds. The molecule has 2 atom stereocenters. The van der Waals surface area contributed by atoms with Crippen LogP contribution in [-0.4, -0.2) is 9.97 Å². The molecule has 2 aliphatic rings. The second-order valence-corrected chi connectivity index (χ2v) is 15.2. The maximum absolute atomic E-state index is 4.67. The molecular weight excluding hydrogens is 675 g/mol. The summed E-state index contributed by atoms with van der Waals surface area (Å²) < 4.78 is 1.32. The second-order valence-electron chi connectivity index (χ2n) is 14.1. The van der Waals surface area contributed by atoms with Crippen LogP contribution >= 0.6 is 11.3 Å². The van der Waals surface area contributed by atoms with Crippen LogP contribution in [0.2, 0.25) is 0 Å². The maximum atomic E-state index is 4.67. The van der Waals surface area contributed by atoms with E-state index in [0.717, 1.165) is 33.6 Å². The van der Waals surface area contributed by atoms with Crippen molar-refractivity contribution in [2.24, 2.45) is 0 Å². The molecule has 0 aliphatic carbocycles. The first-order valence-corrected chi connectivity index (χ1v) is 19.3. The van der Waals surface area contributed by atoms with E-state index in [4.69, 9.17) is 0 Å². The fourth-order valence-electron chi connectivity index (χ4n) is 8.70. The van der Waals surface area contributed by atoms with Gasteiger partial charge in [-0.1, -0.05) is 115 Å². The van der Waals surface area contributed by atoms with E-state index in [0.29, 0.717) is 0 Å². The van der Waals surface area contributed by atoms with Gasteiger partial charge < -0.3 is 4.90 Å². The van der Waals surface area contributed by atoms with Crippen LogP contribution in [0.3, 0.4) is 0 Å². The monoisotopic (exact) mass is 707 g/mol. The zero-order chi connectivity index (χ0) is 35.6. The molecule has 0 bridgehead atoms. The van der Waals surface area contributed by atoms with Gasteiger partial charge in [-0.2, -0.15) is 0 Å². The van der Waals surface area contributed by atoms with Crippen molar-refractivity contribution in [3.63, 3.8) is 0 Å². The zero-order valence-electron chi connectivity index (χ0n) is 29.3. The van der Waals surface area contributed by atoms with Crippen molar-refractivity contribution in [2.45, 2.75) is 12.0 Å². The van der Waals surface area contributed by atoms with Gasteiger partial charge in [-0.15, -0.1) is 11.3 Å². The number of thiophene rings is 1. The van der Waals surface area contributed by atoms with E-state index < -0.39 is 0 Å². The Morgan fingerprint density at radius 2 is 1.07 bits per heavy atom. The van der Waals surface area contributed by atoms with Crippen LogP contribution in [0.5, 0.6) is 0 Å². The lowest BCUT2D eigenvalue weighted by atomic mass is 9.79. The molecule has 0 N–H and O–H groups in total. The van der Waals surface area contributed by atoms with Crippen LogP contribution in [0.4, 0.5) is 10.7 Å². The van der Waals surface area contributed by atoms with E-state index >= 15 is 0 Å². The van der Waals surface area contributed by atoms with Gasteiger partial charge >= 0.3 is 0 Å². The number of fused-ring (bicyclic) bond motifs is 10. The molecule has 4 heteroatoms. The first kappa shape index (κ1) is 31.0. The zero-order valence-corrected chi connectivity index (χ0v) is 30.1. The summed E-state index contributed by atoms with van der Waals surface area (Å²) in [7, 11) is 0. The number of hydrogen-bond acceptors (Lipinski definition) is 4. The summed E-state index contributed by atoms with van der Waals surface area (Å²) in [5.41, 5.74) is 16.9. The molecule has 0 saturated heterocycles. The molecule has 9 aromatic rings. The summed E-state index contributed by atoms with van der Waals surface area (Å²) in [5.74, 6) is 0.225. The molecular formula is C50H33N3S. The van der Waals surface area contributed by atoms with Gasteiger partial charge in [0.05, 0.1) is 17.4 Å². The normalized spacial score (nSPS) is 15.4. The fraction of sp³-hybridized carbons (Fsp3) is 0.0400. The quantitative estimate of drug-likeness (QED) is 0.178. The molecule has 11 rings (SSSR count). The summed E-state index contributed by atoms with van der Waals surface area (Å²) in [5, 5.41) is 2.66. The van der Waals surface area contributed by atoms with Gasteiger partial charge in [-0.3, -0.25) is 9.97 Å². The molecule has 2 unspecified atom stereocenters. The van der Waals surface area contributed by atoms with Crippen LogP contribution in [0, 0.1) is 0 Å². The van der Waals surface area contributed by atoms with E-state index in [9.17, 15) is 0 Å². The Bertz CT molecular complexity index is 2770. The number of rotatable bonds is 5. The van der Waals surface area contributed by atoms with Gasteiger partial charge in [-0.05, 0) is 105 Å². The van der Waals surface area contributed by atoms with E-state index in [1.807, 2.05) is 48.0 Å². The first-order chi connectivity index (χ1) is 26.8. The summed E-state index contributed by atoms with van der Waals surface area (Å²) in [6, 6.07) is 64.2. The number of benzene rings is 6. The van der Waals surface area contributed by atoms with Gasteiger partial charge in [0.25, 0.3) is 0 Å². The van der Waals surface area contributed by atoms with Crippen molar-refractivity contribution in [3.8, 4) is 55.9 Å². The third-order valence-corrected chi connectivity index (χ3v) is 12.3. The van der Waals surface area contributed by atoms with Gasteiger partial charge in [0.1, 0.15) is 5.00 Å². The Hall–Kier alpha value is -6.62. The summed E-state index contributed by atoms with van der Waals surface area (Å²) >= 11 is 1.92. The van der Waals surface area contributed by atoms with E-state index in [-0.39, 0.29) is 12.0 Å². The SMILES string of the molecule is c1ccc(C2c3ccccc3N3c4sc5ccccc5c4-c4cc(-c5ccc(-c6cc(-c7ccccn7)cc(-c7ccccn7)c6)cc5)ccc4C23)cc1. The summed E-state index contributed by atoms with van der Waals surface area (Å²) in [4.78, 5) is 12.0. The van der Waals surface area contributed by atoms with Crippen LogP contribution < -0.4 is 4.90 Å². The standard InChI is InChI=1S/C50H33N3S/c1-2-12-34(13-3-1)47-40-14-4-6-18-45(40)53-49(47)39-25-24-35(31-42(39)48-41-15-5-7-19-46(41)54-50(48)53)32-20-22-33(23-21-32)36-28-37(43-16-8-10-26-51-43)30-38(29-36)44-17-9-11-27-52-44/h1-31,47,49H. The second kappa shape index (κ2) is 12.5. The Kier molecular flexibility index (Phi) is 7.17. The molecule has 5 heterocycles. The molecule has 0 radical (unpaired) electrons. The van der Waals surface area contributed by atoms with Gasteiger partial charge in [0.2, 0.25) is 0 Å². The fourth-order valence-corrected chi connectivity index (χ4v) is 9.97. The predicted octanol–water partition coefficient (Wildman–Crippen LogP) is 13.4. The minimum atomic E-state index is 0.163. The Labute approximate surface area is 318 Å². The highest BCUT2D eigenvalue weighted by molar-refractivity contribution is 7.23. The van der Waals surface area contributed by atoms with Crippen LogP contribution in [0.25, 0.3) is 66.0 Å². The highest BCUT2D eigenvalue weighted by Gasteiger charge is 2.46. The van der Waals surface area contributed by atoms with Crippen molar-refractivity contribution in [1.29, 1.82) is 0 Å². The number of anilines is 2. The molecule has 3 nitrogen and oxygen atoms in total. The summed E-state index contributed by atoms with van der Waals surface area (Å²) in [6.07, 6.45) is 3.70. The highest BCUT2D eigenvalue weighted by atomic mass is 32.1. The molecule has 54 heavy (non-hydrogen) atoms. The molecule has 3 aromatic heterocycles. The maximum Gasteiger partial charge on any atom is 0.105 e. The largest absolute Gasteiger partial charge is 0.324 e. The summed E-state index contributed by atoms with van der Waals surface area (Å²) in [6.45, 7) is 0. The first-order valence-electron chi connectivity index (χ1n) is 18.5.